The number of aryl methyl sites for hydroxylation is 1. The van der Waals surface area contributed by atoms with Crippen LogP contribution in [0, 0.1) is 6.92 Å². The van der Waals surface area contributed by atoms with Crippen molar-refractivity contribution in [1.82, 2.24) is 0 Å². The Morgan fingerprint density at radius 2 is 1.70 bits per heavy atom. The van der Waals surface area contributed by atoms with Gasteiger partial charge < -0.3 is 0 Å². The molecule has 1 heterocycles. The molecule has 0 amide bonds. The number of aliphatic imine (C=N–C) groups is 2. The number of fused-ring (bicyclic) bond motifs is 1. The molecule has 0 saturated heterocycles. The molecule has 0 saturated carbocycles. The summed E-state index contributed by atoms with van der Waals surface area (Å²) < 4.78 is 0. The first-order chi connectivity index (χ1) is 14.7. The van der Waals surface area contributed by atoms with Gasteiger partial charge in [-0.1, -0.05) is 79.0 Å². The standard InChI is InChI=1S/C27H24N2S/c1-5-19-15-16-20(17-23(19)21-12-8-7-11-18(21)3)25(28-4)27-26(29-6-2)22-13-9-10-14-24(22)30-27/h5,7-17H,1,4,6H2,2-3H3/b27-25+,29-26?. The Balaban J connectivity index is 1.92. The first-order valence-corrected chi connectivity index (χ1v) is 10.9. The minimum atomic E-state index is 0.724. The molecule has 0 radical (unpaired) electrons. The van der Waals surface area contributed by atoms with Crippen LogP contribution in [0.25, 0.3) is 22.9 Å². The maximum atomic E-state index is 4.80. The second-order valence-corrected chi connectivity index (χ2v) is 8.13. The average molecular weight is 409 g/mol. The maximum Gasteiger partial charge on any atom is 0.0856 e. The van der Waals surface area contributed by atoms with Gasteiger partial charge in [-0.3, -0.25) is 9.98 Å². The highest BCUT2D eigenvalue weighted by atomic mass is 32.2. The average Bonchev–Trinajstić information content (AvgIpc) is 3.13. The van der Waals surface area contributed by atoms with Crippen LogP contribution in [-0.2, 0) is 0 Å². The summed E-state index contributed by atoms with van der Waals surface area (Å²) in [6, 6.07) is 23.2. The van der Waals surface area contributed by atoms with Gasteiger partial charge in [0.15, 0.2) is 0 Å². The third kappa shape index (κ3) is 3.57. The lowest BCUT2D eigenvalue weighted by atomic mass is 9.93. The van der Waals surface area contributed by atoms with Gasteiger partial charge in [0.05, 0.1) is 16.3 Å². The van der Waals surface area contributed by atoms with Crippen molar-refractivity contribution in [3.8, 4) is 11.1 Å². The topological polar surface area (TPSA) is 24.7 Å². The van der Waals surface area contributed by atoms with E-state index in [2.05, 4.69) is 98.9 Å². The van der Waals surface area contributed by atoms with Gasteiger partial charge in [0.2, 0.25) is 0 Å². The van der Waals surface area contributed by atoms with E-state index in [1.54, 1.807) is 11.8 Å². The molecule has 3 aromatic carbocycles. The Kier molecular flexibility index (Phi) is 5.82. The lowest BCUT2D eigenvalue weighted by molar-refractivity contribution is 1.13. The fraction of sp³-hybridized carbons (Fsp3) is 0.111. The Hall–Kier alpha value is -3.17. The quantitative estimate of drug-likeness (QED) is 0.407. The van der Waals surface area contributed by atoms with Gasteiger partial charge in [0, 0.05) is 22.6 Å². The van der Waals surface area contributed by atoms with Crippen molar-refractivity contribution >= 4 is 36.0 Å². The summed E-state index contributed by atoms with van der Waals surface area (Å²) in [7, 11) is 0. The molecular weight excluding hydrogens is 384 g/mol. The molecule has 4 rings (SSSR count). The maximum absolute atomic E-state index is 4.80. The zero-order valence-corrected chi connectivity index (χ0v) is 18.2. The third-order valence-corrected chi connectivity index (χ3v) is 6.41. The predicted octanol–water partition coefficient (Wildman–Crippen LogP) is 7.29. The molecule has 0 unspecified atom stereocenters. The fourth-order valence-electron chi connectivity index (χ4n) is 3.79. The molecule has 0 bridgehead atoms. The van der Waals surface area contributed by atoms with E-state index in [0.29, 0.717) is 0 Å². The summed E-state index contributed by atoms with van der Waals surface area (Å²) in [6.45, 7) is 12.8. The summed E-state index contributed by atoms with van der Waals surface area (Å²) in [5.74, 6) is 0. The van der Waals surface area contributed by atoms with Crippen molar-refractivity contribution in [3.63, 3.8) is 0 Å². The van der Waals surface area contributed by atoms with E-state index in [9.17, 15) is 0 Å². The first-order valence-electron chi connectivity index (χ1n) is 10.0. The summed E-state index contributed by atoms with van der Waals surface area (Å²) in [5.41, 5.74) is 8.76. The molecule has 0 N–H and O–H groups in total. The van der Waals surface area contributed by atoms with E-state index >= 15 is 0 Å². The number of rotatable bonds is 5. The minimum Gasteiger partial charge on any atom is -0.284 e. The molecule has 1 aliphatic heterocycles. The van der Waals surface area contributed by atoms with Crippen molar-refractivity contribution in [2.75, 3.05) is 6.54 Å². The van der Waals surface area contributed by atoms with E-state index in [1.165, 1.54) is 21.6 Å². The second-order valence-electron chi connectivity index (χ2n) is 7.08. The molecule has 3 aromatic rings. The van der Waals surface area contributed by atoms with Crippen molar-refractivity contribution in [3.05, 3.63) is 100 Å². The van der Waals surface area contributed by atoms with Crippen molar-refractivity contribution in [1.29, 1.82) is 0 Å². The first kappa shape index (κ1) is 20.1. The molecular formula is C27H24N2S. The van der Waals surface area contributed by atoms with E-state index in [4.69, 9.17) is 4.99 Å². The summed E-state index contributed by atoms with van der Waals surface area (Å²) in [6.07, 6.45) is 1.91. The largest absolute Gasteiger partial charge is 0.284 e. The highest BCUT2D eigenvalue weighted by Crippen LogP contribution is 2.45. The normalized spacial score (nSPS) is 15.7. The van der Waals surface area contributed by atoms with Gasteiger partial charge in [-0.05, 0) is 55.0 Å². The van der Waals surface area contributed by atoms with Crippen molar-refractivity contribution < 1.29 is 0 Å². The number of thioether (sulfide) groups is 1. The van der Waals surface area contributed by atoms with E-state index < -0.39 is 0 Å². The van der Waals surface area contributed by atoms with Gasteiger partial charge in [-0.25, -0.2) is 0 Å². The van der Waals surface area contributed by atoms with Gasteiger partial charge in [-0.2, -0.15) is 0 Å². The van der Waals surface area contributed by atoms with Gasteiger partial charge in [-0.15, -0.1) is 0 Å². The molecule has 0 atom stereocenters. The van der Waals surface area contributed by atoms with Crippen molar-refractivity contribution in [2.24, 2.45) is 9.98 Å². The van der Waals surface area contributed by atoms with Crippen LogP contribution in [0.5, 0.6) is 0 Å². The molecule has 0 aromatic heterocycles. The fourth-order valence-corrected chi connectivity index (χ4v) is 4.98. The highest BCUT2D eigenvalue weighted by Gasteiger charge is 2.27. The molecule has 0 aliphatic carbocycles. The van der Waals surface area contributed by atoms with E-state index in [0.717, 1.165) is 39.5 Å². The zero-order chi connectivity index (χ0) is 21.1. The van der Waals surface area contributed by atoms with Crippen LogP contribution in [-0.4, -0.2) is 19.0 Å². The number of nitrogens with zero attached hydrogens (tertiary/aromatic N) is 2. The highest BCUT2D eigenvalue weighted by molar-refractivity contribution is 8.05. The second kappa shape index (κ2) is 8.68. The van der Waals surface area contributed by atoms with Crippen LogP contribution in [0.2, 0.25) is 0 Å². The summed E-state index contributed by atoms with van der Waals surface area (Å²) in [5, 5.41) is 0. The molecule has 0 fully saturated rings. The minimum absolute atomic E-state index is 0.724. The summed E-state index contributed by atoms with van der Waals surface area (Å²) >= 11 is 1.72. The Morgan fingerprint density at radius 3 is 2.40 bits per heavy atom. The van der Waals surface area contributed by atoms with Crippen LogP contribution in [0.4, 0.5) is 0 Å². The molecule has 30 heavy (non-hydrogen) atoms. The summed E-state index contributed by atoms with van der Waals surface area (Å²) in [4.78, 5) is 11.5. The van der Waals surface area contributed by atoms with Crippen LogP contribution >= 0.6 is 11.8 Å². The molecule has 3 heteroatoms. The van der Waals surface area contributed by atoms with E-state index in [1.807, 2.05) is 6.08 Å². The zero-order valence-electron chi connectivity index (χ0n) is 17.4. The lowest BCUT2D eigenvalue weighted by Gasteiger charge is -2.14. The molecule has 148 valence electrons. The molecule has 2 nitrogen and oxygen atoms in total. The Labute approximate surface area is 182 Å². The number of allylic oxidation sites excluding steroid dienone is 1. The number of hydrogen-bond donors (Lipinski definition) is 0. The molecule has 1 aliphatic rings. The SMILES string of the molecule is C=Cc1ccc(/C(N=C)=C2\Sc3ccccc3C2=NCC)cc1-c1ccccc1C. The van der Waals surface area contributed by atoms with Gasteiger partial charge in [0.1, 0.15) is 0 Å². The van der Waals surface area contributed by atoms with Crippen molar-refractivity contribution in [2.45, 2.75) is 18.7 Å². The lowest BCUT2D eigenvalue weighted by Crippen LogP contribution is -2.01. The molecule has 0 spiro atoms. The Bertz CT molecular complexity index is 1200. The van der Waals surface area contributed by atoms with E-state index in [-0.39, 0.29) is 0 Å². The van der Waals surface area contributed by atoms with Gasteiger partial charge >= 0.3 is 0 Å². The third-order valence-electron chi connectivity index (χ3n) is 5.24. The number of benzene rings is 3. The Morgan fingerprint density at radius 1 is 0.967 bits per heavy atom. The van der Waals surface area contributed by atoms with Crippen LogP contribution < -0.4 is 0 Å². The number of hydrogen-bond acceptors (Lipinski definition) is 3. The van der Waals surface area contributed by atoms with Gasteiger partial charge in [0.25, 0.3) is 0 Å². The van der Waals surface area contributed by atoms with Crippen LogP contribution in [0.1, 0.15) is 29.2 Å². The van der Waals surface area contributed by atoms with Crippen LogP contribution in [0.15, 0.2) is 93.1 Å². The van der Waals surface area contributed by atoms with Crippen LogP contribution in [0.3, 0.4) is 0 Å². The smallest absolute Gasteiger partial charge is 0.0856 e. The monoisotopic (exact) mass is 408 g/mol. The predicted molar refractivity (Wildman–Crippen MR) is 133 cm³/mol.